The molecule has 2 heterocycles. The molecule has 0 saturated carbocycles. The Morgan fingerprint density at radius 3 is 2.42 bits per heavy atom. The van der Waals surface area contributed by atoms with E-state index in [1.54, 1.807) is 0 Å². The van der Waals surface area contributed by atoms with Gasteiger partial charge >= 0.3 is 5.97 Å². The number of anilines is 1. The molecule has 0 bridgehead atoms. The van der Waals surface area contributed by atoms with Crippen LogP contribution in [0.15, 0.2) is 24.3 Å². The Hall–Kier alpha value is -2.60. The molecule has 1 aromatic carbocycles. The molecule has 0 radical (unpaired) electrons. The summed E-state index contributed by atoms with van der Waals surface area (Å²) in [5.74, 6) is -0.0220. The minimum atomic E-state index is -0.196. The molecule has 0 aliphatic carbocycles. The van der Waals surface area contributed by atoms with Gasteiger partial charge in [-0.1, -0.05) is 12.1 Å². The van der Waals surface area contributed by atoms with Crippen molar-refractivity contribution in [3.63, 3.8) is 0 Å². The predicted octanol–water partition coefficient (Wildman–Crippen LogP) is 3.68. The van der Waals surface area contributed by atoms with Gasteiger partial charge in [0.15, 0.2) is 5.78 Å². The number of aromatic nitrogens is 1. The predicted molar refractivity (Wildman–Crippen MR) is 124 cm³/mol. The monoisotopic (exact) mass is 425 g/mol. The largest absolute Gasteiger partial charge is 0.469 e. The number of nitrogens with zero attached hydrogens (tertiary/aromatic N) is 3. The third-order valence-electron chi connectivity index (χ3n) is 6.52. The summed E-state index contributed by atoms with van der Waals surface area (Å²) in [4.78, 5) is 29.1. The Balaban J connectivity index is 1.57. The fourth-order valence-corrected chi connectivity index (χ4v) is 4.42. The molecule has 6 heteroatoms. The van der Waals surface area contributed by atoms with Crippen molar-refractivity contribution in [3.8, 4) is 0 Å². The lowest BCUT2D eigenvalue weighted by Gasteiger charge is -2.36. The van der Waals surface area contributed by atoms with E-state index in [1.165, 1.54) is 23.9 Å². The molecule has 3 rings (SSSR count). The normalized spacial score (nSPS) is 14.7. The van der Waals surface area contributed by atoms with Crippen LogP contribution in [-0.2, 0) is 16.1 Å². The minimum Gasteiger partial charge on any atom is -0.469 e. The van der Waals surface area contributed by atoms with Crippen LogP contribution in [0.2, 0.25) is 0 Å². The Labute approximate surface area is 185 Å². The number of ketones is 1. The van der Waals surface area contributed by atoms with Gasteiger partial charge in [-0.3, -0.25) is 14.5 Å². The molecule has 168 valence electrons. The van der Waals surface area contributed by atoms with Gasteiger partial charge in [-0.25, -0.2) is 0 Å². The van der Waals surface area contributed by atoms with E-state index in [1.807, 2.05) is 19.9 Å². The average molecular weight is 426 g/mol. The van der Waals surface area contributed by atoms with Gasteiger partial charge in [0, 0.05) is 61.8 Å². The molecule has 2 aromatic rings. The summed E-state index contributed by atoms with van der Waals surface area (Å²) in [6.07, 6.45) is 1.10. The second-order valence-corrected chi connectivity index (χ2v) is 8.52. The number of carbonyl (C=O) groups is 2. The summed E-state index contributed by atoms with van der Waals surface area (Å²) < 4.78 is 6.85. The molecule has 1 aromatic heterocycles. The first-order valence-electron chi connectivity index (χ1n) is 11.1. The van der Waals surface area contributed by atoms with E-state index in [0.717, 1.165) is 43.1 Å². The van der Waals surface area contributed by atoms with E-state index in [2.05, 4.69) is 46.4 Å². The Morgan fingerprint density at radius 2 is 1.74 bits per heavy atom. The van der Waals surface area contributed by atoms with E-state index in [9.17, 15) is 9.59 Å². The van der Waals surface area contributed by atoms with Gasteiger partial charge in [0.1, 0.15) is 0 Å². The summed E-state index contributed by atoms with van der Waals surface area (Å²) in [6, 6.07) is 8.45. The van der Waals surface area contributed by atoms with Crippen molar-refractivity contribution >= 4 is 17.4 Å². The molecular weight excluding hydrogens is 390 g/mol. The first kappa shape index (κ1) is 23.1. The van der Waals surface area contributed by atoms with Crippen LogP contribution in [0.1, 0.15) is 45.7 Å². The Kier molecular flexibility index (Phi) is 7.55. The van der Waals surface area contributed by atoms with Crippen LogP contribution < -0.4 is 4.90 Å². The maximum atomic E-state index is 13.0. The molecule has 0 N–H and O–H groups in total. The number of Topliss-reactive ketones (excluding diaryl/α,β-unsaturated/α-hetero) is 1. The molecule has 0 atom stereocenters. The lowest BCUT2D eigenvalue weighted by atomic mass is 10.1. The van der Waals surface area contributed by atoms with Crippen LogP contribution in [0.5, 0.6) is 0 Å². The topological polar surface area (TPSA) is 54.8 Å². The third-order valence-corrected chi connectivity index (χ3v) is 6.52. The fourth-order valence-electron chi connectivity index (χ4n) is 4.42. The number of ether oxygens (including phenoxy) is 1. The number of hydrogen-bond acceptors (Lipinski definition) is 5. The van der Waals surface area contributed by atoms with Crippen molar-refractivity contribution in [1.82, 2.24) is 9.47 Å². The third kappa shape index (κ3) is 5.37. The van der Waals surface area contributed by atoms with E-state index in [0.29, 0.717) is 25.9 Å². The molecule has 0 unspecified atom stereocenters. The van der Waals surface area contributed by atoms with E-state index >= 15 is 0 Å². The van der Waals surface area contributed by atoms with Gasteiger partial charge in [0.2, 0.25) is 0 Å². The summed E-state index contributed by atoms with van der Waals surface area (Å²) in [5, 5.41) is 0. The molecular formula is C25H35N3O3. The van der Waals surface area contributed by atoms with Crippen molar-refractivity contribution in [2.75, 3.05) is 44.7 Å². The summed E-state index contributed by atoms with van der Waals surface area (Å²) in [5.41, 5.74) is 6.81. The molecule has 31 heavy (non-hydrogen) atoms. The van der Waals surface area contributed by atoms with E-state index in [4.69, 9.17) is 4.74 Å². The van der Waals surface area contributed by atoms with Gasteiger partial charge < -0.3 is 14.2 Å². The highest BCUT2D eigenvalue weighted by Gasteiger charge is 2.23. The van der Waals surface area contributed by atoms with Crippen molar-refractivity contribution in [3.05, 3.63) is 52.3 Å². The highest BCUT2D eigenvalue weighted by molar-refractivity contribution is 5.99. The second kappa shape index (κ2) is 10.1. The zero-order valence-corrected chi connectivity index (χ0v) is 19.5. The fraction of sp³-hybridized carbons (Fsp3) is 0.520. The van der Waals surface area contributed by atoms with Crippen LogP contribution in [0.4, 0.5) is 5.69 Å². The van der Waals surface area contributed by atoms with Crippen molar-refractivity contribution in [1.29, 1.82) is 0 Å². The van der Waals surface area contributed by atoms with Gasteiger partial charge in [-0.2, -0.15) is 0 Å². The van der Waals surface area contributed by atoms with E-state index in [-0.39, 0.29) is 11.8 Å². The van der Waals surface area contributed by atoms with Crippen molar-refractivity contribution < 1.29 is 14.3 Å². The second-order valence-electron chi connectivity index (χ2n) is 8.52. The Bertz CT molecular complexity index is 940. The highest BCUT2D eigenvalue weighted by Crippen LogP contribution is 2.24. The minimum absolute atomic E-state index is 0.174. The SMILES string of the molecule is COC(=O)CCCn1c(C)cc(C(=O)CN2CCN(c3cccc(C)c3C)CC2)c1C. The number of hydrogen-bond donors (Lipinski definition) is 0. The van der Waals surface area contributed by atoms with Crippen molar-refractivity contribution in [2.24, 2.45) is 0 Å². The number of carbonyl (C=O) groups excluding carboxylic acids is 2. The van der Waals surface area contributed by atoms with Gasteiger partial charge in [-0.15, -0.1) is 0 Å². The lowest BCUT2D eigenvalue weighted by molar-refractivity contribution is -0.140. The number of benzene rings is 1. The maximum Gasteiger partial charge on any atom is 0.305 e. The van der Waals surface area contributed by atoms with E-state index < -0.39 is 0 Å². The number of rotatable bonds is 8. The van der Waals surface area contributed by atoms with Gasteiger partial charge in [0.05, 0.1) is 13.7 Å². The quantitative estimate of drug-likeness (QED) is 0.477. The highest BCUT2D eigenvalue weighted by atomic mass is 16.5. The number of aryl methyl sites for hydroxylation is 2. The zero-order chi connectivity index (χ0) is 22.5. The molecule has 1 saturated heterocycles. The first-order valence-corrected chi connectivity index (χ1v) is 11.1. The molecule has 1 aliphatic heterocycles. The summed E-state index contributed by atoms with van der Waals surface area (Å²) in [6.45, 7) is 13.2. The molecule has 6 nitrogen and oxygen atoms in total. The number of methoxy groups -OCH3 is 1. The van der Waals surface area contributed by atoms with Crippen LogP contribution in [-0.4, -0.2) is 61.1 Å². The average Bonchev–Trinajstić information content (AvgIpc) is 3.04. The first-order chi connectivity index (χ1) is 14.8. The maximum absolute atomic E-state index is 13.0. The standard InChI is InChI=1S/C25H35N3O3/c1-18-8-6-9-23(20(18)3)27-14-12-26(13-15-27)17-24(29)22-16-19(2)28(21(22)4)11-7-10-25(30)31-5/h6,8-9,16H,7,10-15,17H2,1-5H3. The number of esters is 1. The molecule has 1 aliphatic rings. The van der Waals surface area contributed by atoms with Gasteiger partial charge in [-0.05, 0) is 57.4 Å². The van der Waals surface area contributed by atoms with Crippen LogP contribution in [0.3, 0.4) is 0 Å². The molecule has 1 fully saturated rings. The van der Waals surface area contributed by atoms with Crippen LogP contribution >= 0.6 is 0 Å². The van der Waals surface area contributed by atoms with Crippen molar-refractivity contribution in [2.45, 2.75) is 47.1 Å². The molecule has 0 spiro atoms. The summed E-state index contributed by atoms with van der Waals surface area (Å²) in [7, 11) is 1.41. The Morgan fingerprint density at radius 1 is 1.03 bits per heavy atom. The number of piperazine rings is 1. The van der Waals surface area contributed by atoms with Crippen LogP contribution in [0.25, 0.3) is 0 Å². The zero-order valence-electron chi connectivity index (χ0n) is 19.5. The van der Waals surface area contributed by atoms with Crippen LogP contribution in [0, 0.1) is 27.7 Å². The lowest BCUT2D eigenvalue weighted by Crippen LogP contribution is -2.48. The summed E-state index contributed by atoms with van der Waals surface area (Å²) >= 11 is 0. The van der Waals surface area contributed by atoms with Gasteiger partial charge in [0.25, 0.3) is 0 Å². The smallest absolute Gasteiger partial charge is 0.305 e. The molecule has 0 amide bonds.